The third-order valence-electron chi connectivity index (χ3n) is 5.97. The number of benzene rings is 4. The standard InChI is InChI=1S/C30H24F3N3O3/c31-30(32,33)24-10-4-5-11-27(24)38-22-14-12-21(13-15-22)28-35-25-17-16-23(19-26(25)36-28)39-29(37)34-18-6-9-20-7-2-1-3-8-20/h1-5,7-8,10-17,19H,6,9,18H2,(H,34,37)(H,35,36). The van der Waals surface area contributed by atoms with Crippen LogP contribution in [0.15, 0.2) is 97.1 Å². The van der Waals surface area contributed by atoms with Gasteiger partial charge in [0.25, 0.3) is 0 Å². The molecule has 0 fully saturated rings. The predicted molar refractivity (Wildman–Crippen MR) is 142 cm³/mol. The lowest BCUT2D eigenvalue weighted by Crippen LogP contribution is -2.27. The van der Waals surface area contributed by atoms with Gasteiger partial charge in [-0.15, -0.1) is 0 Å². The first-order chi connectivity index (χ1) is 18.8. The number of rotatable bonds is 8. The molecule has 1 aromatic heterocycles. The maximum atomic E-state index is 13.2. The molecule has 6 nitrogen and oxygen atoms in total. The summed E-state index contributed by atoms with van der Waals surface area (Å²) in [6.45, 7) is 0.492. The van der Waals surface area contributed by atoms with Gasteiger partial charge in [0.1, 0.15) is 23.1 Å². The number of imidazole rings is 1. The van der Waals surface area contributed by atoms with Gasteiger partial charge in [-0.1, -0.05) is 42.5 Å². The van der Waals surface area contributed by atoms with Crippen LogP contribution in [0.25, 0.3) is 22.4 Å². The van der Waals surface area contributed by atoms with Crippen LogP contribution in [0.2, 0.25) is 0 Å². The zero-order chi connectivity index (χ0) is 27.2. The second-order valence-electron chi connectivity index (χ2n) is 8.79. The smallest absolute Gasteiger partial charge is 0.419 e. The molecule has 2 N–H and O–H groups in total. The molecular weight excluding hydrogens is 507 g/mol. The van der Waals surface area contributed by atoms with Crippen LogP contribution in [0.5, 0.6) is 17.2 Å². The van der Waals surface area contributed by atoms with E-state index >= 15 is 0 Å². The van der Waals surface area contributed by atoms with Crippen LogP contribution in [0.4, 0.5) is 18.0 Å². The highest BCUT2D eigenvalue weighted by atomic mass is 19.4. The molecule has 0 bridgehead atoms. The third-order valence-corrected chi connectivity index (χ3v) is 5.97. The number of aromatic amines is 1. The number of H-pyrrole nitrogens is 1. The molecular formula is C30H24F3N3O3. The molecule has 5 rings (SSSR count). The molecule has 1 heterocycles. The Balaban J connectivity index is 1.20. The summed E-state index contributed by atoms with van der Waals surface area (Å²) in [5.41, 5.74) is 2.41. The first kappa shape index (κ1) is 25.8. The average molecular weight is 532 g/mol. The van der Waals surface area contributed by atoms with Gasteiger partial charge in [-0.05, 0) is 66.9 Å². The minimum atomic E-state index is -4.52. The Hall–Kier alpha value is -4.79. The number of alkyl halides is 3. The first-order valence-corrected chi connectivity index (χ1v) is 12.3. The number of para-hydroxylation sites is 1. The van der Waals surface area contributed by atoms with E-state index < -0.39 is 17.8 Å². The summed E-state index contributed by atoms with van der Waals surface area (Å²) in [5.74, 6) is 0.909. The van der Waals surface area contributed by atoms with Crippen LogP contribution in [0, 0.1) is 0 Å². The number of nitrogens with one attached hydrogen (secondary N) is 2. The van der Waals surface area contributed by atoms with E-state index in [4.69, 9.17) is 9.47 Å². The largest absolute Gasteiger partial charge is 0.457 e. The van der Waals surface area contributed by atoms with E-state index in [-0.39, 0.29) is 11.5 Å². The van der Waals surface area contributed by atoms with Crippen molar-refractivity contribution in [1.29, 1.82) is 0 Å². The van der Waals surface area contributed by atoms with Crippen LogP contribution in [0.1, 0.15) is 17.5 Å². The van der Waals surface area contributed by atoms with Gasteiger partial charge in [0.2, 0.25) is 0 Å². The average Bonchev–Trinajstić information content (AvgIpc) is 3.35. The highest BCUT2D eigenvalue weighted by Crippen LogP contribution is 2.38. The van der Waals surface area contributed by atoms with Crippen molar-refractivity contribution in [1.82, 2.24) is 15.3 Å². The number of carbonyl (C=O) groups excluding carboxylic acids is 1. The van der Waals surface area contributed by atoms with Crippen LogP contribution in [-0.2, 0) is 12.6 Å². The summed E-state index contributed by atoms with van der Waals surface area (Å²) in [4.78, 5) is 19.9. The number of ether oxygens (including phenoxy) is 2. The fourth-order valence-electron chi connectivity index (χ4n) is 4.06. The number of hydrogen-bond acceptors (Lipinski definition) is 4. The predicted octanol–water partition coefficient (Wildman–Crippen LogP) is 7.76. The fourth-order valence-corrected chi connectivity index (χ4v) is 4.06. The minimum absolute atomic E-state index is 0.261. The number of halogens is 3. The molecule has 0 aliphatic carbocycles. The Labute approximate surface area is 222 Å². The van der Waals surface area contributed by atoms with Gasteiger partial charge in [0, 0.05) is 18.2 Å². The van der Waals surface area contributed by atoms with Gasteiger partial charge in [0.05, 0.1) is 16.6 Å². The summed E-state index contributed by atoms with van der Waals surface area (Å²) in [6, 6.07) is 26.7. The highest BCUT2D eigenvalue weighted by molar-refractivity contribution is 5.82. The molecule has 0 aliphatic rings. The number of aromatic nitrogens is 2. The van der Waals surface area contributed by atoms with Crippen molar-refractivity contribution in [2.45, 2.75) is 19.0 Å². The summed E-state index contributed by atoms with van der Waals surface area (Å²) < 4.78 is 50.6. The van der Waals surface area contributed by atoms with Gasteiger partial charge in [0.15, 0.2) is 0 Å². The number of nitrogens with zero attached hydrogens (tertiary/aromatic N) is 1. The van der Waals surface area contributed by atoms with E-state index in [0.29, 0.717) is 34.7 Å². The molecule has 9 heteroatoms. The van der Waals surface area contributed by atoms with Gasteiger partial charge in [-0.2, -0.15) is 13.2 Å². The highest BCUT2D eigenvalue weighted by Gasteiger charge is 2.34. The summed E-state index contributed by atoms with van der Waals surface area (Å²) in [6.07, 6.45) is -3.40. The van der Waals surface area contributed by atoms with Gasteiger partial charge < -0.3 is 19.8 Å². The molecule has 39 heavy (non-hydrogen) atoms. The maximum Gasteiger partial charge on any atom is 0.419 e. The van der Waals surface area contributed by atoms with Crippen LogP contribution in [-0.4, -0.2) is 22.6 Å². The Kier molecular flexibility index (Phi) is 7.49. The Morgan fingerprint density at radius 3 is 2.36 bits per heavy atom. The van der Waals surface area contributed by atoms with Crippen molar-refractivity contribution in [2.75, 3.05) is 6.54 Å². The van der Waals surface area contributed by atoms with Crippen molar-refractivity contribution in [2.24, 2.45) is 0 Å². The van der Waals surface area contributed by atoms with Crippen molar-refractivity contribution in [3.8, 4) is 28.6 Å². The number of amides is 1. The fraction of sp³-hybridized carbons (Fsp3) is 0.133. The van der Waals surface area contributed by atoms with E-state index in [1.54, 1.807) is 42.5 Å². The van der Waals surface area contributed by atoms with Crippen LogP contribution >= 0.6 is 0 Å². The molecule has 198 valence electrons. The first-order valence-electron chi connectivity index (χ1n) is 12.3. The molecule has 0 atom stereocenters. The lowest BCUT2D eigenvalue weighted by Gasteiger charge is -2.13. The van der Waals surface area contributed by atoms with Gasteiger partial charge >= 0.3 is 12.3 Å². The molecule has 0 radical (unpaired) electrons. The van der Waals surface area contributed by atoms with E-state index in [0.717, 1.165) is 18.9 Å². The second-order valence-corrected chi connectivity index (χ2v) is 8.79. The van der Waals surface area contributed by atoms with Crippen molar-refractivity contribution in [3.05, 3.63) is 108 Å². The third kappa shape index (κ3) is 6.56. The summed E-state index contributed by atoms with van der Waals surface area (Å²) in [5, 5.41) is 2.75. The lowest BCUT2D eigenvalue weighted by atomic mass is 10.1. The lowest BCUT2D eigenvalue weighted by molar-refractivity contribution is -0.138. The monoisotopic (exact) mass is 531 g/mol. The normalized spacial score (nSPS) is 11.4. The van der Waals surface area contributed by atoms with Crippen molar-refractivity contribution in [3.63, 3.8) is 0 Å². The molecule has 0 saturated carbocycles. The van der Waals surface area contributed by atoms with Crippen molar-refractivity contribution >= 4 is 17.1 Å². The SMILES string of the molecule is O=C(NCCCc1ccccc1)Oc1ccc2nc(-c3ccc(Oc4ccccc4C(F)(F)F)cc3)[nH]c2c1. The van der Waals surface area contributed by atoms with E-state index in [9.17, 15) is 18.0 Å². The van der Waals surface area contributed by atoms with Crippen molar-refractivity contribution < 1.29 is 27.4 Å². The molecule has 0 saturated heterocycles. The quantitative estimate of drug-likeness (QED) is 0.201. The molecule has 5 aromatic rings. The molecule has 1 amide bonds. The van der Waals surface area contributed by atoms with E-state index in [1.807, 2.05) is 30.3 Å². The number of fused-ring (bicyclic) bond motifs is 1. The minimum Gasteiger partial charge on any atom is -0.457 e. The zero-order valence-corrected chi connectivity index (χ0v) is 20.7. The Morgan fingerprint density at radius 2 is 1.59 bits per heavy atom. The van der Waals surface area contributed by atoms with Gasteiger partial charge in [-0.25, -0.2) is 9.78 Å². The molecule has 0 aliphatic heterocycles. The molecule has 4 aromatic carbocycles. The summed E-state index contributed by atoms with van der Waals surface area (Å²) >= 11 is 0. The summed E-state index contributed by atoms with van der Waals surface area (Å²) in [7, 11) is 0. The van der Waals surface area contributed by atoms with Crippen LogP contribution < -0.4 is 14.8 Å². The number of hydrogen-bond donors (Lipinski definition) is 2. The Bertz CT molecular complexity index is 1570. The van der Waals surface area contributed by atoms with E-state index in [2.05, 4.69) is 15.3 Å². The Morgan fingerprint density at radius 1 is 0.872 bits per heavy atom. The van der Waals surface area contributed by atoms with E-state index in [1.165, 1.54) is 23.8 Å². The second kappa shape index (κ2) is 11.3. The number of carbonyl (C=O) groups is 1. The maximum absolute atomic E-state index is 13.2. The molecule has 0 unspecified atom stereocenters. The van der Waals surface area contributed by atoms with Gasteiger partial charge in [-0.3, -0.25) is 0 Å². The molecule has 0 spiro atoms. The topological polar surface area (TPSA) is 76.2 Å². The zero-order valence-electron chi connectivity index (χ0n) is 20.7. The van der Waals surface area contributed by atoms with Crippen LogP contribution in [0.3, 0.4) is 0 Å². The number of aryl methyl sites for hydroxylation is 1.